The van der Waals surface area contributed by atoms with Crippen LogP contribution in [0.2, 0.25) is 0 Å². The molecular formula is C24H21N3O4S. The maximum absolute atomic E-state index is 13.4. The van der Waals surface area contributed by atoms with Gasteiger partial charge >= 0.3 is 0 Å². The van der Waals surface area contributed by atoms with Gasteiger partial charge in [-0.25, -0.2) is 4.98 Å². The second kappa shape index (κ2) is 9.57. The van der Waals surface area contributed by atoms with Gasteiger partial charge in [0.25, 0.3) is 5.56 Å². The monoisotopic (exact) mass is 447 g/mol. The van der Waals surface area contributed by atoms with Crippen molar-refractivity contribution < 1.29 is 14.3 Å². The fourth-order valence-electron chi connectivity index (χ4n) is 3.25. The van der Waals surface area contributed by atoms with Gasteiger partial charge in [0.1, 0.15) is 0 Å². The van der Waals surface area contributed by atoms with E-state index < -0.39 is 0 Å². The number of fused-ring (bicyclic) bond motifs is 1. The minimum Gasteiger partial charge on any atom is -0.493 e. The molecule has 1 aromatic heterocycles. The van der Waals surface area contributed by atoms with E-state index in [0.29, 0.717) is 38.9 Å². The van der Waals surface area contributed by atoms with E-state index in [2.05, 4.69) is 10.3 Å². The molecule has 0 aliphatic heterocycles. The topological polar surface area (TPSA) is 82.5 Å². The highest BCUT2D eigenvalue weighted by Crippen LogP contribution is 2.30. The molecule has 1 heterocycles. The first-order chi connectivity index (χ1) is 15.6. The Labute approximate surface area is 189 Å². The maximum atomic E-state index is 13.4. The van der Waals surface area contributed by atoms with E-state index in [1.54, 1.807) is 43.5 Å². The molecule has 0 radical (unpaired) electrons. The second-order valence-corrected chi connectivity index (χ2v) is 7.74. The number of aromatic nitrogens is 2. The van der Waals surface area contributed by atoms with Crippen LogP contribution in [-0.2, 0) is 4.79 Å². The summed E-state index contributed by atoms with van der Waals surface area (Å²) in [6, 6.07) is 21.5. The Morgan fingerprint density at radius 3 is 2.44 bits per heavy atom. The highest BCUT2D eigenvalue weighted by Gasteiger charge is 2.16. The molecule has 0 fully saturated rings. The van der Waals surface area contributed by atoms with Gasteiger partial charge < -0.3 is 14.8 Å². The van der Waals surface area contributed by atoms with E-state index in [9.17, 15) is 9.59 Å². The van der Waals surface area contributed by atoms with Crippen LogP contribution in [0.25, 0.3) is 16.6 Å². The summed E-state index contributed by atoms with van der Waals surface area (Å²) in [5.41, 5.74) is 1.62. The molecule has 0 aliphatic carbocycles. The molecule has 0 bridgehead atoms. The Morgan fingerprint density at radius 2 is 1.69 bits per heavy atom. The van der Waals surface area contributed by atoms with Gasteiger partial charge in [-0.15, -0.1) is 0 Å². The Kier molecular flexibility index (Phi) is 6.42. The van der Waals surface area contributed by atoms with Gasteiger partial charge in [0.15, 0.2) is 16.7 Å². The number of ether oxygens (including phenoxy) is 2. The number of methoxy groups -OCH3 is 2. The summed E-state index contributed by atoms with van der Waals surface area (Å²) in [5, 5.41) is 3.74. The van der Waals surface area contributed by atoms with Crippen LogP contribution in [-0.4, -0.2) is 35.4 Å². The van der Waals surface area contributed by atoms with Crippen LogP contribution in [0.1, 0.15) is 0 Å². The van der Waals surface area contributed by atoms with Gasteiger partial charge in [0, 0.05) is 11.8 Å². The number of carbonyl (C=O) groups is 1. The van der Waals surface area contributed by atoms with Gasteiger partial charge in [-0.05, 0) is 36.4 Å². The van der Waals surface area contributed by atoms with Gasteiger partial charge in [0.2, 0.25) is 5.91 Å². The number of hydrogen-bond donors (Lipinski definition) is 1. The Balaban J connectivity index is 1.73. The predicted molar refractivity (Wildman–Crippen MR) is 126 cm³/mol. The van der Waals surface area contributed by atoms with Crippen molar-refractivity contribution >= 4 is 34.3 Å². The highest BCUT2D eigenvalue weighted by atomic mass is 32.2. The summed E-state index contributed by atoms with van der Waals surface area (Å²) in [6.45, 7) is 0. The number of thioether (sulfide) groups is 1. The van der Waals surface area contributed by atoms with Crippen LogP contribution in [0, 0.1) is 0 Å². The van der Waals surface area contributed by atoms with Crippen molar-refractivity contribution in [3.63, 3.8) is 0 Å². The van der Waals surface area contributed by atoms with Crippen molar-refractivity contribution in [3.8, 4) is 17.2 Å². The lowest BCUT2D eigenvalue weighted by atomic mass is 10.2. The molecule has 7 nitrogen and oxygen atoms in total. The van der Waals surface area contributed by atoms with Crippen molar-refractivity contribution in [1.82, 2.24) is 9.55 Å². The van der Waals surface area contributed by atoms with Crippen LogP contribution >= 0.6 is 11.8 Å². The van der Waals surface area contributed by atoms with Gasteiger partial charge in [-0.1, -0.05) is 42.1 Å². The fourth-order valence-corrected chi connectivity index (χ4v) is 4.06. The number of nitrogens with zero attached hydrogens (tertiary/aromatic N) is 2. The number of rotatable bonds is 7. The molecule has 0 atom stereocenters. The summed E-state index contributed by atoms with van der Waals surface area (Å²) in [5.74, 6) is 0.937. The van der Waals surface area contributed by atoms with Crippen LogP contribution < -0.4 is 20.3 Å². The normalized spacial score (nSPS) is 10.7. The lowest BCUT2D eigenvalue weighted by molar-refractivity contribution is -0.113. The second-order valence-electron chi connectivity index (χ2n) is 6.79. The predicted octanol–water partition coefficient (Wildman–Crippen LogP) is 4.13. The Bertz CT molecular complexity index is 1320. The number of anilines is 1. The van der Waals surface area contributed by atoms with Crippen molar-refractivity contribution in [2.24, 2.45) is 0 Å². The van der Waals surface area contributed by atoms with Crippen molar-refractivity contribution in [1.29, 1.82) is 0 Å². The number of hydrogen-bond acceptors (Lipinski definition) is 6. The standard InChI is InChI=1S/C24H21N3O4S/c1-30-20-13-12-17(14-21(20)31-2)27-23(29)18-10-6-7-11-19(18)26-24(27)32-15-22(28)25-16-8-4-3-5-9-16/h3-14H,15H2,1-2H3,(H,25,28). The molecule has 0 unspecified atom stereocenters. The zero-order valence-corrected chi connectivity index (χ0v) is 18.4. The molecule has 32 heavy (non-hydrogen) atoms. The highest BCUT2D eigenvalue weighted by molar-refractivity contribution is 7.99. The molecule has 0 saturated heterocycles. The number of carbonyl (C=O) groups excluding carboxylic acids is 1. The molecule has 3 aromatic carbocycles. The molecule has 0 aliphatic rings. The summed E-state index contributed by atoms with van der Waals surface area (Å²) in [4.78, 5) is 30.5. The van der Waals surface area contributed by atoms with E-state index in [1.807, 2.05) is 36.4 Å². The van der Waals surface area contributed by atoms with Crippen LogP contribution in [0.5, 0.6) is 11.5 Å². The molecule has 162 valence electrons. The molecule has 0 spiro atoms. The average Bonchev–Trinajstić information content (AvgIpc) is 2.83. The van der Waals surface area contributed by atoms with E-state index in [4.69, 9.17) is 9.47 Å². The van der Waals surface area contributed by atoms with Crippen LogP contribution in [0.4, 0.5) is 5.69 Å². The van der Waals surface area contributed by atoms with Gasteiger partial charge in [0.05, 0.1) is 36.6 Å². The molecule has 4 rings (SSSR count). The third kappa shape index (κ3) is 4.45. The molecule has 0 saturated carbocycles. The van der Waals surface area contributed by atoms with E-state index in [-0.39, 0.29) is 17.2 Å². The van der Waals surface area contributed by atoms with Gasteiger partial charge in [-0.2, -0.15) is 0 Å². The van der Waals surface area contributed by atoms with E-state index >= 15 is 0 Å². The first-order valence-corrected chi connectivity index (χ1v) is 10.8. The minimum atomic E-state index is -0.228. The minimum absolute atomic E-state index is 0.0902. The summed E-state index contributed by atoms with van der Waals surface area (Å²) in [7, 11) is 3.08. The average molecular weight is 448 g/mol. The molecule has 1 amide bonds. The smallest absolute Gasteiger partial charge is 0.266 e. The van der Waals surface area contributed by atoms with Crippen molar-refractivity contribution in [2.45, 2.75) is 5.16 Å². The number of benzene rings is 3. The van der Waals surface area contributed by atoms with Gasteiger partial charge in [-0.3, -0.25) is 14.2 Å². The molecule has 8 heteroatoms. The first kappa shape index (κ1) is 21.5. The third-order valence-corrected chi connectivity index (χ3v) is 5.70. The zero-order chi connectivity index (χ0) is 22.5. The third-order valence-electron chi connectivity index (χ3n) is 4.76. The maximum Gasteiger partial charge on any atom is 0.266 e. The van der Waals surface area contributed by atoms with Crippen molar-refractivity contribution in [3.05, 3.63) is 83.2 Å². The first-order valence-electron chi connectivity index (χ1n) is 9.82. The van der Waals surface area contributed by atoms with E-state index in [1.165, 1.54) is 23.4 Å². The summed E-state index contributed by atoms with van der Waals surface area (Å²) < 4.78 is 12.2. The Morgan fingerprint density at radius 1 is 0.969 bits per heavy atom. The van der Waals surface area contributed by atoms with E-state index in [0.717, 1.165) is 0 Å². The summed E-state index contributed by atoms with van der Waals surface area (Å²) in [6.07, 6.45) is 0. The largest absolute Gasteiger partial charge is 0.493 e. The number of para-hydroxylation sites is 2. The number of nitrogens with one attached hydrogen (secondary N) is 1. The Hall–Kier alpha value is -3.78. The SMILES string of the molecule is COc1ccc(-n2c(SCC(=O)Nc3ccccc3)nc3ccccc3c2=O)cc1OC. The lowest BCUT2D eigenvalue weighted by Gasteiger charge is -2.15. The van der Waals surface area contributed by atoms with Crippen LogP contribution in [0.3, 0.4) is 0 Å². The molecule has 4 aromatic rings. The lowest BCUT2D eigenvalue weighted by Crippen LogP contribution is -2.23. The number of amides is 1. The zero-order valence-electron chi connectivity index (χ0n) is 17.6. The van der Waals surface area contributed by atoms with Crippen molar-refractivity contribution in [2.75, 3.05) is 25.3 Å². The quantitative estimate of drug-likeness (QED) is 0.339. The van der Waals surface area contributed by atoms with Crippen LogP contribution in [0.15, 0.2) is 82.7 Å². The molecular weight excluding hydrogens is 426 g/mol. The fraction of sp³-hybridized carbons (Fsp3) is 0.125. The summed E-state index contributed by atoms with van der Waals surface area (Å²) >= 11 is 1.19. The molecule has 1 N–H and O–H groups in total.